The molecular formula is C9H14ClNO. The molecule has 0 unspecified atom stereocenters. The number of rotatable bonds is 1. The van der Waals surface area contributed by atoms with Crippen LogP contribution < -0.4 is 0 Å². The lowest BCUT2D eigenvalue weighted by Gasteiger charge is -2.37. The number of carbonyl (C=O) groups excluding carboxylic acids is 1. The van der Waals surface area contributed by atoms with Gasteiger partial charge in [-0.3, -0.25) is 4.79 Å². The predicted molar refractivity (Wildman–Crippen MR) is 48.2 cm³/mol. The van der Waals surface area contributed by atoms with Crippen molar-refractivity contribution in [3.8, 4) is 0 Å². The maximum Gasteiger partial charge on any atom is 0.237 e. The fraction of sp³-hybridized carbons (Fsp3) is 0.889. The Bertz CT molecular complexity index is 201. The number of hydrogen-bond donors (Lipinski definition) is 0. The molecule has 0 aromatic carbocycles. The molecule has 1 amide bonds. The van der Waals surface area contributed by atoms with Gasteiger partial charge in [0, 0.05) is 13.1 Å². The monoisotopic (exact) mass is 187 g/mol. The Balaban J connectivity index is 1.93. The van der Waals surface area contributed by atoms with Crippen LogP contribution in [0, 0.1) is 5.41 Å². The van der Waals surface area contributed by atoms with E-state index in [0.717, 1.165) is 13.1 Å². The molecule has 2 fully saturated rings. The van der Waals surface area contributed by atoms with Crippen LogP contribution in [0.25, 0.3) is 0 Å². The Morgan fingerprint density at radius 2 is 2.17 bits per heavy atom. The summed E-state index contributed by atoms with van der Waals surface area (Å²) < 4.78 is 0. The quantitative estimate of drug-likeness (QED) is 0.572. The second-order valence-corrected chi connectivity index (χ2v) is 4.32. The third-order valence-electron chi connectivity index (χ3n) is 3.32. The van der Waals surface area contributed by atoms with Crippen molar-refractivity contribution in [2.24, 2.45) is 5.41 Å². The van der Waals surface area contributed by atoms with Crippen LogP contribution in [-0.4, -0.2) is 29.8 Å². The van der Waals surface area contributed by atoms with Crippen LogP contribution in [-0.2, 0) is 4.79 Å². The van der Waals surface area contributed by atoms with Crippen molar-refractivity contribution in [2.45, 2.75) is 25.7 Å². The van der Waals surface area contributed by atoms with Gasteiger partial charge in [-0.05, 0) is 24.7 Å². The number of carbonyl (C=O) groups is 1. The molecule has 0 bridgehead atoms. The first-order valence-electron chi connectivity index (χ1n) is 4.60. The number of hydrogen-bond acceptors (Lipinski definition) is 1. The molecule has 2 nitrogen and oxygen atoms in total. The first-order valence-corrected chi connectivity index (χ1v) is 5.13. The standard InChI is InChI=1S/C9H14ClNO/c10-6-8(12)11-5-4-9(7-11)2-1-3-9/h1-7H2. The van der Waals surface area contributed by atoms with Gasteiger partial charge in [0.15, 0.2) is 0 Å². The first-order chi connectivity index (χ1) is 5.76. The fourth-order valence-electron chi connectivity index (χ4n) is 2.32. The summed E-state index contributed by atoms with van der Waals surface area (Å²) in [5, 5.41) is 0. The van der Waals surface area contributed by atoms with Crippen LogP contribution in [0.4, 0.5) is 0 Å². The van der Waals surface area contributed by atoms with E-state index in [1.54, 1.807) is 0 Å². The Labute approximate surface area is 77.9 Å². The van der Waals surface area contributed by atoms with Gasteiger partial charge in [0.1, 0.15) is 5.88 Å². The summed E-state index contributed by atoms with van der Waals surface area (Å²) in [5.74, 6) is 0.260. The van der Waals surface area contributed by atoms with E-state index in [9.17, 15) is 4.79 Å². The van der Waals surface area contributed by atoms with Crippen LogP contribution in [0.3, 0.4) is 0 Å². The summed E-state index contributed by atoms with van der Waals surface area (Å²) in [7, 11) is 0. The summed E-state index contributed by atoms with van der Waals surface area (Å²) in [6.45, 7) is 1.91. The Hall–Kier alpha value is -0.240. The minimum Gasteiger partial charge on any atom is -0.341 e. The molecule has 3 heteroatoms. The SMILES string of the molecule is O=C(CCl)N1CCC2(CCC2)C1. The highest BCUT2D eigenvalue weighted by Crippen LogP contribution is 2.47. The number of alkyl halides is 1. The van der Waals surface area contributed by atoms with Crippen molar-refractivity contribution in [3.05, 3.63) is 0 Å². The van der Waals surface area contributed by atoms with Crippen molar-refractivity contribution in [1.29, 1.82) is 0 Å². The molecule has 1 heterocycles. The van der Waals surface area contributed by atoms with Gasteiger partial charge < -0.3 is 4.90 Å². The van der Waals surface area contributed by atoms with Gasteiger partial charge in [-0.15, -0.1) is 11.6 Å². The highest BCUT2D eigenvalue weighted by Gasteiger charge is 2.43. The summed E-state index contributed by atoms with van der Waals surface area (Å²) in [6.07, 6.45) is 5.19. The van der Waals surface area contributed by atoms with Gasteiger partial charge in [-0.25, -0.2) is 0 Å². The molecular weight excluding hydrogens is 174 g/mol. The number of nitrogens with zero attached hydrogens (tertiary/aromatic N) is 1. The molecule has 1 aliphatic carbocycles. The number of likely N-dealkylation sites (tertiary alicyclic amines) is 1. The van der Waals surface area contributed by atoms with Gasteiger partial charge >= 0.3 is 0 Å². The molecule has 12 heavy (non-hydrogen) atoms. The van der Waals surface area contributed by atoms with Crippen LogP contribution in [0.2, 0.25) is 0 Å². The Morgan fingerprint density at radius 1 is 1.42 bits per heavy atom. The molecule has 1 saturated carbocycles. The molecule has 0 N–H and O–H groups in total. The van der Waals surface area contributed by atoms with Crippen molar-refractivity contribution in [3.63, 3.8) is 0 Å². The summed E-state index contributed by atoms with van der Waals surface area (Å²) in [6, 6.07) is 0. The summed E-state index contributed by atoms with van der Waals surface area (Å²) in [4.78, 5) is 13.2. The second kappa shape index (κ2) is 2.91. The zero-order valence-corrected chi connectivity index (χ0v) is 7.94. The molecule has 0 radical (unpaired) electrons. The highest BCUT2D eigenvalue weighted by atomic mass is 35.5. The number of halogens is 1. The third kappa shape index (κ3) is 1.22. The lowest BCUT2D eigenvalue weighted by molar-refractivity contribution is -0.128. The van der Waals surface area contributed by atoms with Crippen molar-refractivity contribution in [1.82, 2.24) is 4.90 Å². The Kier molecular flexibility index (Phi) is 2.03. The van der Waals surface area contributed by atoms with Crippen LogP contribution in [0.5, 0.6) is 0 Å². The maximum absolute atomic E-state index is 11.2. The van der Waals surface area contributed by atoms with E-state index in [0.29, 0.717) is 5.41 Å². The average Bonchev–Trinajstić information content (AvgIpc) is 2.46. The molecule has 1 spiro atoms. The van der Waals surface area contributed by atoms with Gasteiger partial charge in [-0.1, -0.05) is 6.42 Å². The lowest BCUT2D eigenvalue weighted by atomic mass is 9.68. The van der Waals surface area contributed by atoms with Gasteiger partial charge in [0.25, 0.3) is 0 Å². The van der Waals surface area contributed by atoms with E-state index in [4.69, 9.17) is 11.6 Å². The van der Waals surface area contributed by atoms with Crippen LogP contribution >= 0.6 is 11.6 Å². The number of amides is 1. The first kappa shape index (κ1) is 8.36. The second-order valence-electron chi connectivity index (χ2n) is 4.05. The largest absolute Gasteiger partial charge is 0.341 e. The minimum absolute atomic E-state index is 0.112. The molecule has 2 aliphatic rings. The summed E-state index contributed by atoms with van der Waals surface area (Å²) in [5.41, 5.74) is 0.516. The van der Waals surface area contributed by atoms with E-state index in [-0.39, 0.29) is 11.8 Å². The molecule has 0 aromatic heterocycles. The summed E-state index contributed by atoms with van der Waals surface area (Å²) >= 11 is 5.50. The zero-order chi connectivity index (χ0) is 8.60. The minimum atomic E-state index is 0.112. The molecule has 1 saturated heterocycles. The topological polar surface area (TPSA) is 20.3 Å². The molecule has 0 atom stereocenters. The third-order valence-corrected chi connectivity index (χ3v) is 3.55. The van der Waals surface area contributed by atoms with E-state index in [1.165, 1.54) is 25.7 Å². The van der Waals surface area contributed by atoms with Crippen molar-refractivity contribution in [2.75, 3.05) is 19.0 Å². The predicted octanol–water partition coefficient (Wildman–Crippen LogP) is 1.63. The molecule has 1 aliphatic heterocycles. The van der Waals surface area contributed by atoms with Crippen LogP contribution in [0.15, 0.2) is 0 Å². The van der Waals surface area contributed by atoms with Gasteiger partial charge in [-0.2, -0.15) is 0 Å². The van der Waals surface area contributed by atoms with Crippen LogP contribution in [0.1, 0.15) is 25.7 Å². The Morgan fingerprint density at radius 3 is 2.58 bits per heavy atom. The van der Waals surface area contributed by atoms with Gasteiger partial charge in [0.05, 0.1) is 0 Å². The average molecular weight is 188 g/mol. The molecule has 0 aromatic rings. The molecule has 2 rings (SSSR count). The van der Waals surface area contributed by atoms with E-state index >= 15 is 0 Å². The smallest absolute Gasteiger partial charge is 0.237 e. The zero-order valence-electron chi connectivity index (χ0n) is 7.18. The maximum atomic E-state index is 11.2. The van der Waals surface area contributed by atoms with Crippen molar-refractivity contribution >= 4 is 17.5 Å². The van der Waals surface area contributed by atoms with Gasteiger partial charge in [0.2, 0.25) is 5.91 Å². The van der Waals surface area contributed by atoms with E-state index < -0.39 is 0 Å². The van der Waals surface area contributed by atoms with E-state index in [2.05, 4.69) is 0 Å². The van der Waals surface area contributed by atoms with E-state index in [1.807, 2.05) is 4.90 Å². The highest BCUT2D eigenvalue weighted by molar-refractivity contribution is 6.27. The fourth-order valence-corrected chi connectivity index (χ4v) is 2.49. The van der Waals surface area contributed by atoms with Crippen molar-refractivity contribution < 1.29 is 4.79 Å². The normalized spacial score (nSPS) is 25.9. The molecule has 68 valence electrons. The lowest BCUT2D eigenvalue weighted by Crippen LogP contribution is -2.36.